The SMILES string of the molecule is C#CCN1CCc2c(c(=O)nc3n2CCN3Cc2ccccc2C)C1. The average Bonchev–Trinajstić information content (AvgIpc) is 3.00. The monoisotopic (exact) mass is 334 g/mol. The Morgan fingerprint density at radius 2 is 2.08 bits per heavy atom. The normalized spacial score (nSPS) is 16.4. The van der Waals surface area contributed by atoms with Crippen LogP contribution in [0.15, 0.2) is 29.1 Å². The summed E-state index contributed by atoms with van der Waals surface area (Å²) < 4.78 is 2.24. The number of hydrogen-bond acceptors (Lipinski definition) is 4. The van der Waals surface area contributed by atoms with E-state index in [1.54, 1.807) is 0 Å². The van der Waals surface area contributed by atoms with Crippen molar-refractivity contribution < 1.29 is 0 Å². The maximum atomic E-state index is 12.6. The van der Waals surface area contributed by atoms with E-state index in [2.05, 4.69) is 56.5 Å². The molecule has 3 heterocycles. The number of terminal acetylenes is 1. The van der Waals surface area contributed by atoms with Gasteiger partial charge in [-0.1, -0.05) is 30.2 Å². The molecular formula is C20H22N4O. The van der Waals surface area contributed by atoms with Crippen LogP contribution in [0.1, 0.15) is 22.4 Å². The van der Waals surface area contributed by atoms with Gasteiger partial charge in [0.15, 0.2) is 0 Å². The Balaban J connectivity index is 1.66. The van der Waals surface area contributed by atoms with Crippen LogP contribution in [0.25, 0.3) is 0 Å². The van der Waals surface area contributed by atoms with Gasteiger partial charge in [-0.3, -0.25) is 9.69 Å². The summed E-state index contributed by atoms with van der Waals surface area (Å²) in [5, 5.41) is 0. The van der Waals surface area contributed by atoms with Gasteiger partial charge in [0.2, 0.25) is 5.95 Å². The van der Waals surface area contributed by atoms with E-state index in [0.29, 0.717) is 13.1 Å². The second-order valence-corrected chi connectivity index (χ2v) is 6.81. The molecule has 2 aliphatic heterocycles. The molecule has 4 rings (SSSR count). The first kappa shape index (κ1) is 15.9. The van der Waals surface area contributed by atoms with E-state index in [9.17, 15) is 4.79 Å². The Morgan fingerprint density at radius 3 is 2.88 bits per heavy atom. The summed E-state index contributed by atoms with van der Waals surface area (Å²) in [4.78, 5) is 21.4. The first-order chi connectivity index (χ1) is 12.2. The van der Waals surface area contributed by atoms with Gasteiger partial charge in [-0.25, -0.2) is 0 Å². The molecular weight excluding hydrogens is 312 g/mol. The molecule has 0 saturated heterocycles. The lowest BCUT2D eigenvalue weighted by atomic mass is 10.1. The minimum absolute atomic E-state index is 0.0975. The zero-order chi connectivity index (χ0) is 17.4. The molecule has 0 bridgehead atoms. The van der Waals surface area contributed by atoms with Crippen molar-refractivity contribution in [2.24, 2.45) is 0 Å². The van der Waals surface area contributed by atoms with Crippen molar-refractivity contribution in [1.82, 2.24) is 14.5 Å². The van der Waals surface area contributed by atoms with Gasteiger partial charge in [0, 0.05) is 44.8 Å². The third kappa shape index (κ3) is 2.83. The van der Waals surface area contributed by atoms with Crippen molar-refractivity contribution in [2.45, 2.75) is 33.0 Å². The van der Waals surface area contributed by atoms with Crippen LogP contribution in [0, 0.1) is 19.3 Å². The molecule has 0 radical (unpaired) electrons. The van der Waals surface area contributed by atoms with Crippen molar-refractivity contribution >= 4 is 5.95 Å². The molecule has 0 unspecified atom stereocenters. The molecule has 1 aromatic heterocycles. The number of aryl methyl sites for hydroxylation is 1. The summed E-state index contributed by atoms with van der Waals surface area (Å²) in [5.41, 5.74) is 4.42. The van der Waals surface area contributed by atoms with Crippen LogP contribution >= 0.6 is 0 Å². The number of rotatable bonds is 3. The zero-order valence-corrected chi connectivity index (χ0v) is 14.5. The van der Waals surface area contributed by atoms with E-state index >= 15 is 0 Å². The van der Waals surface area contributed by atoms with Crippen LogP contribution < -0.4 is 10.5 Å². The quantitative estimate of drug-likeness (QED) is 0.799. The Labute approximate surface area is 147 Å². The standard InChI is InChI=1S/C20H22N4O/c1-3-9-22-10-8-18-17(14-22)19(25)21-20-23(11-12-24(18)20)13-16-7-5-4-6-15(16)2/h1,4-7H,8-14H2,2H3. The van der Waals surface area contributed by atoms with Gasteiger partial charge in [-0.05, 0) is 18.1 Å². The Kier molecular flexibility index (Phi) is 4.06. The molecule has 5 nitrogen and oxygen atoms in total. The minimum atomic E-state index is -0.0975. The van der Waals surface area contributed by atoms with E-state index in [-0.39, 0.29) is 5.56 Å². The number of anilines is 1. The second-order valence-electron chi connectivity index (χ2n) is 6.81. The largest absolute Gasteiger partial charge is 0.336 e. The number of aromatic nitrogens is 2. The molecule has 128 valence electrons. The Bertz CT molecular complexity index is 909. The highest BCUT2D eigenvalue weighted by atomic mass is 16.1. The molecule has 25 heavy (non-hydrogen) atoms. The Hall–Kier alpha value is -2.58. The highest BCUT2D eigenvalue weighted by Crippen LogP contribution is 2.26. The molecule has 0 amide bonds. The van der Waals surface area contributed by atoms with Crippen molar-refractivity contribution in [3.63, 3.8) is 0 Å². The van der Waals surface area contributed by atoms with Gasteiger partial charge in [0.25, 0.3) is 5.56 Å². The van der Waals surface area contributed by atoms with Crippen LogP contribution in [-0.2, 0) is 26.1 Å². The number of hydrogen-bond donors (Lipinski definition) is 0. The Morgan fingerprint density at radius 1 is 1.24 bits per heavy atom. The van der Waals surface area contributed by atoms with Crippen LogP contribution in [0.4, 0.5) is 5.95 Å². The topological polar surface area (TPSA) is 41.4 Å². The van der Waals surface area contributed by atoms with Crippen molar-refractivity contribution in [1.29, 1.82) is 0 Å². The molecule has 2 aromatic rings. The van der Waals surface area contributed by atoms with Gasteiger partial charge in [-0.15, -0.1) is 6.42 Å². The molecule has 1 aromatic carbocycles. The average molecular weight is 334 g/mol. The lowest BCUT2D eigenvalue weighted by molar-refractivity contribution is 0.278. The predicted molar refractivity (Wildman–Crippen MR) is 98.5 cm³/mol. The third-order valence-corrected chi connectivity index (χ3v) is 5.24. The predicted octanol–water partition coefficient (Wildman–Crippen LogP) is 1.56. The summed E-state index contributed by atoms with van der Waals surface area (Å²) in [6, 6.07) is 8.38. The molecule has 0 aliphatic carbocycles. The number of benzene rings is 1. The summed E-state index contributed by atoms with van der Waals surface area (Å²) in [6.07, 6.45) is 6.28. The fraction of sp³-hybridized carbons (Fsp3) is 0.400. The van der Waals surface area contributed by atoms with Crippen molar-refractivity contribution in [2.75, 3.05) is 24.5 Å². The maximum absolute atomic E-state index is 12.6. The van der Waals surface area contributed by atoms with E-state index < -0.39 is 0 Å². The number of fused-ring (bicyclic) bond motifs is 3. The maximum Gasteiger partial charge on any atom is 0.279 e. The lowest BCUT2D eigenvalue weighted by Gasteiger charge is -2.28. The van der Waals surface area contributed by atoms with Crippen LogP contribution in [0.3, 0.4) is 0 Å². The molecule has 5 heteroatoms. The third-order valence-electron chi connectivity index (χ3n) is 5.24. The molecule has 0 fully saturated rings. The lowest BCUT2D eigenvalue weighted by Crippen LogP contribution is -2.37. The molecule has 0 spiro atoms. The van der Waals surface area contributed by atoms with E-state index in [1.165, 1.54) is 11.1 Å². The fourth-order valence-corrected chi connectivity index (χ4v) is 3.84. The van der Waals surface area contributed by atoms with E-state index in [4.69, 9.17) is 6.42 Å². The van der Waals surface area contributed by atoms with Crippen molar-refractivity contribution in [3.8, 4) is 12.3 Å². The summed E-state index contributed by atoms with van der Waals surface area (Å²) in [6.45, 7) is 6.80. The van der Waals surface area contributed by atoms with Crippen molar-refractivity contribution in [3.05, 3.63) is 57.0 Å². The highest BCUT2D eigenvalue weighted by Gasteiger charge is 2.29. The fourth-order valence-electron chi connectivity index (χ4n) is 3.84. The first-order valence-corrected chi connectivity index (χ1v) is 8.75. The summed E-state index contributed by atoms with van der Waals surface area (Å²) in [5.74, 6) is 3.49. The van der Waals surface area contributed by atoms with E-state index in [1.807, 2.05) is 0 Å². The van der Waals surface area contributed by atoms with Crippen LogP contribution in [-0.4, -0.2) is 34.1 Å². The number of nitrogens with zero attached hydrogens (tertiary/aromatic N) is 4. The zero-order valence-electron chi connectivity index (χ0n) is 14.5. The van der Waals surface area contributed by atoms with Gasteiger partial charge in [0.1, 0.15) is 0 Å². The van der Waals surface area contributed by atoms with Crippen LogP contribution in [0.5, 0.6) is 0 Å². The minimum Gasteiger partial charge on any atom is -0.336 e. The van der Waals surface area contributed by atoms with Gasteiger partial charge >= 0.3 is 0 Å². The van der Waals surface area contributed by atoms with Gasteiger partial charge in [0.05, 0.1) is 12.1 Å². The molecule has 2 aliphatic rings. The van der Waals surface area contributed by atoms with Crippen LogP contribution in [0.2, 0.25) is 0 Å². The van der Waals surface area contributed by atoms with E-state index in [0.717, 1.165) is 49.8 Å². The summed E-state index contributed by atoms with van der Waals surface area (Å²) >= 11 is 0. The first-order valence-electron chi connectivity index (χ1n) is 8.75. The second kappa shape index (κ2) is 6.38. The van der Waals surface area contributed by atoms with Gasteiger partial charge < -0.3 is 9.47 Å². The molecule has 0 N–H and O–H groups in total. The van der Waals surface area contributed by atoms with Gasteiger partial charge in [-0.2, -0.15) is 4.98 Å². The smallest absolute Gasteiger partial charge is 0.279 e. The molecule has 0 saturated carbocycles. The molecule has 0 atom stereocenters. The summed E-state index contributed by atoms with van der Waals surface area (Å²) in [7, 11) is 0. The highest BCUT2D eigenvalue weighted by molar-refractivity contribution is 5.42.